The molecule has 3 aliphatic rings. The van der Waals surface area contributed by atoms with E-state index in [0.29, 0.717) is 0 Å². The van der Waals surface area contributed by atoms with Crippen molar-refractivity contribution in [3.05, 3.63) is 0 Å². The van der Waals surface area contributed by atoms with E-state index in [2.05, 4.69) is 22.4 Å². The predicted octanol–water partition coefficient (Wildman–Crippen LogP) is 1.71. The maximum atomic E-state index is 3.89. The van der Waals surface area contributed by atoms with Crippen molar-refractivity contribution < 1.29 is 0 Å². The van der Waals surface area contributed by atoms with Crippen molar-refractivity contribution in [2.45, 2.75) is 44.6 Å². The van der Waals surface area contributed by atoms with Gasteiger partial charge in [-0.15, -0.1) is 0 Å². The van der Waals surface area contributed by atoms with Crippen LogP contribution >= 0.6 is 0 Å². The lowest BCUT2D eigenvalue weighted by Gasteiger charge is -2.46. The Bertz CT molecular complexity index is 226. The highest BCUT2D eigenvalue weighted by Gasteiger charge is 2.37. The zero-order valence-corrected chi connectivity index (χ0v) is 11.2. The number of hydrazine groups is 1. The first-order valence-electron chi connectivity index (χ1n) is 7.52. The number of hydrogen-bond acceptors (Lipinski definition) is 3. The lowest BCUT2D eigenvalue weighted by molar-refractivity contribution is 0.0209. The molecule has 2 saturated carbocycles. The summed E-state index contributed by atoms with van der Waals surface area (Å²) in [5.41, 5.74) is 3.89. The Morgan fingerprint density at radius 3 is 1.82 bits per heavy atom. The summed E-state index contributed by atoms with van der Waals surface area (Å²) in [6, 6.07) is 0.806. The zero-order valence-electron chi connectivity index (χ0n) is 11.2. The molecule has 3 rings (SSSR count). The molecule has 1 saturated heterocycles. The van der Waals surface area contributed by atoms with Gasteiger partial charge in [-0.1, -0.05) is 12.8 Å². The standard InChI is InChI=1S/C14H27N3/c1-16-8-10-17(11-9-16)15-14(12-4-2-5-12)13-6-3-7-13/h12-15H,2-11H2,1H3. The summed E-state index contributed by atoms with van der Waals surface area (Å²) in [5.74, 6) is 1.97. The third-order valence-corrected chi connectivity index (χ3v) is 5.15. The van der Waals surface area contributed by atoms with Gasteiger partial charge in [0.05, 0.1) is 0 Å². The Morgan fingerprint density at radius 2 is 1.41 bits per heavy atom. The van der Waals surface area contributed by atoms with Gasteiger partial charge in [-0.25, -0.2) is 5.01 Å². The average Bonchev–Trinajstić information content (AvgIpc) is 2.16. The van der Waals surface area contributed by atoms with Crippen LogP contribution in [0.2, 0.25) is 0 Å². The summed E-state index contributed by atoms with van der Waals surface area (Å²) < 4.78 is 0. The fraction of sp³-hybridized carbons (Fsp3) is 1.00. The van der Waals surface area contributed by atoms with Crippen LogP contribution in [0.15, 0.2) is 0 Å². The third kappa shape index (κ3) is 2.67. The van der Waals surface area contributed by atoms with Gasteiger partial charge in [0, 0.05) is 32.2 Å². The third-order valence-electron chi connectivity index (χ3n) is 5.15. The van der Waals surface area contributed by atoms with Gasteiger partial charge in [0.1, 0.15) is 0 Å². The van der Waals surface area contributed by atoms with E-state index in [0.717, 1.165) is 17.9 Å². The molecule has 3 heteroatoms. The number of nitrogens with one attached hydrogen (secondary N) is 1. The molecule has 0 atom stereocenters. The highest BCUT2D eigenvalue weighted by Crippen LogP contribution is 2.40. The minimum Gasteiger partial charge on any atom is -0.304 e. The first kappa shape index (κ1) is 11.9. The minimum atomic E-state index is 0.806. The monoisotopic (exact) mass is 237 g/mol. The Hall–Kier alpha value is -0.120. The predicted molar refractivity (Wildman–Crippen MR) is 70.7 cm³/mol. The first-order chi connectivity index (χ1) is 8.33. The molecule has 3 nitrogen and oxygen atoms in total. The molecule has 2 aliphatic carbocycles. The number of hydrogen-bond donors (Lipinski definition) is 1. The van der Waals surface area contributed by atoms with E-state index in [-0.39, 0.29) is 0 Å². The molecule has 0 aromatic rings. The van der Waals surface area contributed by atoms with Crippen LogP contribution in [0.1, 0.15) is 38.5 Å². The molecule has 1 aliphatic heterocycles. The molecule has 1 heterocycles. The summed E-state index contributed by atoms with van der Waals surface area (Å²) in [6.45, 7) is 4.84. The quantitative estimate of drug-likeness (QED) is 0.803. The number of rotatable bonds is 4. The summed E-state index contributed by atoms with van der Waals surface area (Å²) in [6.07, 6.45) is 8.84. The van der Waals surface area contributed by atoms with Crippen LogP contribution in [-0.2, 0) is 0 Å². The number of piperazine rings is 1. The zero-order chi connectivity index (χ0) is 11.7. The molecule has 0 spiro atoms. The van der Waals surface area contributed by atoms with Crippen LogP contribution in [0.25, 0.3) is 0 Å². The van der Waals surface area contributed by atoms with Crippen LogP contribution < -0.4 is 5.43 Å². The minimum absolute atomic E-state index is 0.806. The van der Waals surface area contributed by atoms with Crippen LogP contribution in [0, 0.1) is 11.8 Å². The van der Waals surface area contributed by atoms with E-state index >= 15 is 0 Å². The van der Waals surface area contributed by atoms with Gasteiger partial charge in [-0.05, 0) is 44.6 Å². The van der Waals surface area contributed by atoms with Crippen molar-refractivity contribution in [3.63, 3.8) is 0 Å². The molecule has 0 unspecified atom stereocenters. The van der Waals surface area contributed by atoms with Crippen molar-refractivity contribution in [2.75, 3.05) is 33.2 Å². The molecule has 0 bridgehead atoms. The van der Waals surface area contributed by atoms with Crippen molar-refractivity contribution >= 4 is 0 Å². The van der Waals surface area contributed by atoms with Gasteiger partial charge >= 0.3 is 0 Å². The summed E-state index contributed by atoms with van der Waals surface area (Å²) in [4.78, 5) is 2.43. The van der Waals surface area contributed by atoms with Crippen molar-refractivity contribution in [2.24, 2.45) is 11.8 Å². The fourth-order valence-corrected chi connectivity index (χ4v) is 3.34. The van der Waals surface area contributed by atoms with E-state index in [1.54, 1.807) is 0 Å². The molecular weight excluding hydrogens is 210 g/mol. The van der Waals surface area contributed by atoms with E-state index in [1.807, 2.05) is 0 Å². The second-order valence-corrected chi connectivity index (χ2v) is 6.33. The molecule has 3 fully saturated rings. The van der Waals surface area contributed by atoms with E-state index in [9.17, 15) is 0 Å². The van der Waals surface area contributed by atoms with E-state index < -0.39 is 0 Å². The smallest absolute Gasteiger partial charge is 0.0271 e. The molecule has 0 amide bonds. The SMILES string of the molecule is CN1CCN(NC(C2CCC2)C2CCC2)CC1. The van der Waals surface area contributed by atoms with Gasteiger partial charge < -0.3 is 4.90 Å². The molecule has 0 aromatic heterocycles. The Balaban J connectivity index is 1.52. The summed E-state index contributed by atoms with van der Waals surface area (Å²) in [7, 11) is 2.23. The molecular formula is C14H27N3. The first-order valence-corrected chi connectivity index (χ1v) is 7.52. The maximum absolute atomic E-state index is 3.89. The van der Waals surface area contributed by atoms with Crippen molar-refractivity contribution in [1.29, 1.82) is 0 Å². The fourth-order valence-electron chi connectivity index (χ4n) is 3.34. The Kier molecular flexibility index (Phi) is 3.69. The van der Waals surface area contributed by atoms with Crippen LogP contribution in [-0.4, -0.2) is 49.2 Å². The number of likely N-dealkylation sites (N-methyl/N-ethyl adjacent to an activating group) is 1. The van der Waals surface area contributed by atoms with Crippen LogP contribution in [0.5, 0.6) is 0 Å². The second kappa shape index (κ2) is 5.25. The van der Waals surface area contributed by atoms with E-state index in [4.69, 9.17) is 0 Å². The molecule has 1 N–H and O–H groups in total. The Morgan fingerprint density at radius 1 is 0.882 bits per heavy atom. The number of nitrogens with zero attached hydrogens (tertiary/aromatic N) is 2. The van der Waals surface area contributed by atoms with E-state index in [1.165, 1.54) is 64.7 Å². The largest absolute Gasteiger partial charge is 0.304 e. The normalized spacial score (nSPS) is 29.3. The lowest BCUT2D eigenvalue weighted by Crippen LogP contribution is -2.58. The molecule has 98 valence electrons. The van der Waals surface area contributed by atoms with Gasteiger partial charge in [0.25, 0.3) is 0 Å². The summed E-state index contributed by atoms with van der Waals surface area (Å²) >= 11 is 0. The van der Waals surface area contributed by atoms with Crippen LogP contribution in [0.3, 0.4) is 0 Å². The molecule has 0 radical (unpaired) electrons. The van der Waals surface area contributed by atoms with Gasteiger partial charge in [0.15, 0.2) is 0 Å². The lowest BCUT2D eigenvalue weighted by atomic mass is 9.69. The van der Waals surface area contributed by atoms with Crippen LogP contribution in [0.4, 0.5) is 0 Å². The van der Waals surface area contributed by atoms with Gasteiger partial charge in [-0.3, -0.25) is 5.43 Å². The topological polar surface area (TPSA) is 18.5 Å². The Labute approximate surface area is 106 Å². The maximum Gasteiger partial charge on any atom is 0.0271 e. The highest BCUT2D eigenvalue weighted by molar-refractivity contribution is 4.91. The molecule has 17 heavy (non-hydrogen) atoms. The van der Waals surface area contributed by atoms with Crippen molar-refractivity contribution in [1.82, 2.24) is 15.3 Å². The average molecular weight is 237 g/mol. The van der Waals surface area contributed by atoms with Gasteiger partial charge in [-0.2, -0.15) is 0 Å². The van der Waals surface area contributed by atoms with Gasteiger partial charge in [0.2, 0.25) is 0 Å². The molecule has 0 aromatic carbocycles. The van der Waals surface area contributed by atoms with Crippen molar-refractivity contribution in [3.8, 4) is 0 Å². The highest BCUT2D eigenvalue weighted by atomic mass is 15.5. The second-order valence-electron chi connectivity index (χ2n) is 6.33. The summed E-state index contributed by atoms with van der Waals surface area (Å²) in [5, 5.41) is 2.50.